The van der Waals surface area contributed by atoms with E-state index in [9.17, 15) is 4.39 Å². The Labute approximate surface area is 132 Å². The smallest absolute Gasteiger partial charge is 0.131 e. The number of aryl methyl sites for hydroxylation is 1. The molecule has 0 bridgehead atoms. The van der Waals surface area contributed by atoms with Crippen molar-refractivity contribution in [2.75, 3.05) is 6.54 Å². The van der Waals surface area contributed by atoms with Gasteiger partial charge in [-0.2, -0.15) is 0 Å². The molecule has 21 heavy (non-hydrogen) atoms. The third-order valence-electron chi connectivity index (χ3n) is 3.63. The lowest BCUT2D eigenvalue weighted by molar-refractivity contribution is 0.182. The number of rotatable bonds is 2. The molecule has 2 N–H and O–H groups in total. The van der Waals surface area contributed by atoms with Gasteiger partial charge in [0, 0.05) is 22.7 Å². The zero-order chi connectivity index (χ0) is 15.0. The molecule has 5 heteroatoms. The molecule has 1 atom stereocenters. The van der Waals surface area contributed by atoms with Gasteiger partial charge in [-0.1, -0.05) is 29.3 Å². The van der Waals surface area contributed by atoms with Crippen LogP contribution in [0.4, 0.5) is 4.39 Å². The lowest BCUT2D eigenvalue weighted by atomic mass is 9.95. The van der Waals surface area contributed by atoms with Crippen LogP contribution in [0.25, 0.3) is 11.1 Å². The Morgan fingerprint density at radius 2 is 2.00 bits per heavy atom. The molecule has 1 aliphatic heterocycles. The van der Waals surface area contributed by atoms with Crippen molar-refractivity contribution in [2.24, 2.45) is 5.73 Å². The van der Waals surface area contributed by atoms with Gasteiger partial charge < -0.3 is 10.5 Å². The van der Waals surface area contributed by atoms with Gasteiger partial charge in [-0.3, -0.25) is 0 Å². The van der Waals surface area contributed by atoms with Crippen LogP contribution < -0.4 is 10.5 Å². The van der Waals surface area contributed by atoms with Crippen LogP contribution in [0.2, 0.25) is 10.0 Å². The van der Waals surface area contributed by atoms with Crippen LogP contribution in [-0.2, 0) is 6.42 Å². The second-order valence-electron chi connectivity index (χ2n) is 5.08. The summed E-state index contributed by atoms with van der Waals surface area (Å²) in [7, 11) is 0. The first kappa shape index (κ1) is 14.6. The lowest BCUT2D eigenvalue weighted by Crippen LogP contribution is -2.30. The van der Waals surface area contributed by atoms with Gasteiger partial charge in [-0.05, 0) is 42.7 Å². The molecule has 0 radical (unpaired) electrons. The van der Waals surface area contributed by atoms with E-state index in [2.05, 4.69) is 0 Å². The van der Waals surface area contributed by atoms with Crippen LogP contribution in [0, 0.1) is 5.82 Å². The number of hydrogen-bond donors (Lipinski definition) is 1. The van der Waals surface area contributed by atoms with Gasteiger partial charge in [0.05, 0.1) is 5.02 Å². The SMILES string of the molecule is NC[C@H]1CCc2cc(F)cc(-c3ccc(Cl)cc3Cl)c2O1. The van der Waals surface area contributed by atoms with E-state index < -0.39 is 0 Å². The highest BCUT2D eigenvalue weighted by Gasteiger charge is 2.24. The maximum atomic E-state index is 13.9. The maximum Gasteiger partial charge on any atom is 0.131 e. The molecule has 0 aromatic heterocycles. The Morgan fingerprint density at radius 3 is 2.71 bits per heavy atom. The van der Waals surface area contributed by atoms with Crippen molar-refractivity contribution >= 4 is 23.2 Å². The Morgan fingerprint density at radius 1 is 1.19 bits per heavy atom. The van der Waals surface area contributed by atoms with E-state index in [1.54, 1.807) is 18.2 Å². The van der Waals surface area contributed by atoms with Crippen molar-refractivity contribution in [1.82, 2.24) is 0 Å². The van der Waals surface area contributed by atoms with Crippen LogP contribution in [0.3, 0.4) is 0 Å². The topological polar surface area (TPSA) is 35.2 Å². The normalized spacial score (nSPS) is 17.2. The maximum absolute atomic E-state index is 13.9. The first-order chi connectivity index (χ1) is 10.1. The van der Waals surface area contributed by atoms with Crippen LogP contribution in [-0.4, -0.2) is 12.6 Å². The highest BCUT2D eigenvalue weighted by Crippen LogP contribution is 2.41. The molecule has 0 unspecified atom stereocenters. The van der Waals surface area contributed by atoms with Gasteiger partial charge in [0.25, 0.3) is 0 Å². The third kappa shape index (κ3) is 2.86. The third-order valence-corrected chi connectivity index (χ3v) is 4.18. The summed E-state index contributed by atoms with van der Waals surface area (Å²) in [5.41, 5.74) is 7.88. The van der Waals surface area contributed by atoms with Crippen molar-refractivity contribution in [3.8, 4) is 16.9 Å². The number of hydrogen-bond acceptors (Lipinski definition) is 2. The summed E-state index contributed by atoms with van der Waals surface area (Å²) in [4.78, 5) is 0. The Hall–Kier alpha value is -1.29. The average molecular weight is 326 g/mol. The Balaban J connectivity index is 2.16. The van der Waals surface area contributed by atoms with Crippen LogP contribution in [0.15, 0.2) is 30.3 Å². The molecule has 110 valence electrons. The fourth-order valence-electron chi connectivity index (χ4n) is 2.59. The fraction of sp³-hybridized carbons (Fsp3) is 0.250. The number of halogens is 3. The number of nitrogens with two attached hydrogens (primary N) is 1. The summed E-state index contributed by atoms with van der Waals surface area (Å²) in [5, 5.41) is 1.00. The van der Waals surface area contributed by atoms with Gasteiger partial charge in [-0.15, -0.1) is 0 Å². The predicted octanol–water partition coefficient (Wildman–Crippen LogP) is 4.45. The summed E-state index contributed by atoms with van der Waals surface area (Å²) in [5.74, 6) is 0.367. The van der Waals surface area contributed by atoms with Crippen LogP contribution in [0.5, 0.6) is 5.75 Å². The van der Waals surface area contributed by atoms with Gasteiger partial charge in [0.15, 0.2) is 0 Å². The summed E-state index contributed by atoms with van der Waals surface area (Å²) in [6.45, 7) is 0.435. The minimum Gasteiger partial charge on any atom is -0.488 e. The molecule has 0 fully saturated rings. The van der Waals surface area contributed by atoms with E-state index >= 15 is 0 Å². The predicted molar refractivity (Wildman–Crippen MR) is 83.6 cm³/mol. The highest BCUT2D eigenvalue weighted by atomic mass is 35.5. The molecule has 1 aliphatic rings. The van der Waals surface area contributed by atoms with Crippen molar-refractivity contribution in [1.29, 1.82) is 0 Å². The number of benzene rings is 2. The van der Waals surface area contributed by atoms with E-state index in [0.29, 0.717) is 33.5 Å². The largest absolute Gasteiger partial charge is 0.488 e. The molecule has 0 spiro atoms. The lowest BCUT2D eigenvalue weighted by Gasteiger charge is -2.27. The van der Waals surface area contributed by atoms with E-state index in [-0.39, 0.29) is 11.9 Å². The number of ether oxygens (including phenoxy) is 1. The van der Waals surface area contributed by atoms with Crippen LogP contribution in [0.1, 0.15) is 12.0 Å². The van der Waals surface area contributed by atoms with Crippen LogP contribution >= 0.6 is 23.2 Å². The molecule has 2 aromatic rings. The van der Waals surface area contributed by atoms with Crippen molar-refractivity contribution in [3.63, 3.8) is 0 Å². The molecule has 0 saturated carbocycles. The summed E-state index contributed by atoms with van der Waals surface area (Å²) >= 11 is 12.2. The van der Waals surface area contributed by atoms with Gasteiger partial charge in [0.2, 0.25) is 0 Å². The first-order valence-corrected chi connectivity index (χ1v) is 7.48. The van der Waals surface area contributed by atoms with Gasteiger partial charge in [-0.25, -0.2) is 4.39 Å². The minimum absolute atomic E-state index is 0.0483. The minimum atomic E-state index is -0.301. The molecule has 3 rings (SSSR count). The van der Waals surface area contributed by atoms with Gasteiger partial charge in [0.1, 0.15) is 17.7 Å². The quantitative estimate of drug-likeness (QED) is 0.885. The van der Waals surface area contributed by atoms with Crippen molar-refractivity contribution < 1.29 is 9.13 Å². The molecule has 1 heterocycles. The zero-order valence-corrected chi connectivity index (χ0v) is 12.7. The average Bonchev–Trinajstić information content (AvgIpc) is 2.46. The first-order valence-electron chi connectivity index (χ1n) is 6.73. The number of fused-ring (bicyclic) bond motifs is 1. The van der Waals surface area contributed by atoms with E-state index in [1.807, 2.05) is 0 Å². The molecular formula is C16H14Cl2FNO. The fourth-order valence-corrected chi connectivity index (χ4v) is 3.10. The highest BCUT2D eigenvalue weighted by molar-refractivity contribution is 6.36. The van der Waals surface area contributed by atoms with Gasteiger partial charge >= 0.3 is 0 Å². The standard InChI is InChI=1S/C16H14Cl2FNO/c17-10-2-4-13(15(18)6-10)14-7-11(19)5-9-1-3-12(8-20)21-16(9)14/h2,4-7,12H,1,3,8,20H2/t12-/m1/s1. The Kier molecular flexibility index (Phi) is 4.07. The molecule has 0 amide bonds. The molecular weight excluding hydrogens is 312 g/mol. The second kappa shape index (κ2) is 5.84. The summed E-state index contributed by atoms with van der Waals surface area (Å²) in [6, 6.07) is 8.08. The molecule has 0 saturated heterocycles. The van der Waals surface area contributed by atoms with E-state index in [0.717, 1.165) is 18.4 Å². The van der Waals surface area contributed by atoms with Crippen molar-refractivity contribution in [2.45, 2.75) is 18.9 Å². The Bertz CT molecular complexity index is 690. The summed E-state index contributed by atoms with van der Waals surface area (Å²) in [6.07, 6.45) is 1.49. The van der Waals surface area contributed by atoms with E-state index in [4.69, 9.17) is 33.7 Å². The monoisotopic (exact) mass is 325 g/mol. The summed E-state index contributed by atoms with van der Waals surface area (Å²) < 4.78 is 19.8. The molecule has 2 aromatic carbocycles. The van der Waals surface area contributed by atoms with E-state index in [1.165, 1.54) is 12.1 Å². The molecule has 2 nitrogen and oxygen atoms in total. The second-order valence-corrected chi connectivity index (χ2v) is 5.92. The molecule has 0 aliphatic carbocycles. The zero-order valence-electron chi connectivity index (χ0n) is 11.2. The van der Waals surface area contributed by atoms with Crippen molar-refractivity contribution in [3.05, 3.63) is 51.8 Å².